The van der Waals surface area contributed by atoms with Crippen LogP contribution in [0.25, 0.3) is 0 Å². The van der Waals surface area contributed by atoms with Crippen molar-refractivity contribution >= 4 is 16.8 Å². The second-order valence-electron chi connectivity index (χ2n) is 4.35. The lowest BCUT2D eigenvalue weighted by Gasteiger charge is -2.29. The normalized spacial score (nSPS) is 26.9. The van der Waals surface area contributed by atoms with E-state index in [1.807, 2.05) is 0 Å². The molecule has 0 radical (unpaired) electrons. The zero-order valence-corrected chi connectivity index (χ0v) is 11.4. The Bertz CT molecular complexity index is 495. The second kappa shape index (κ2) is 6.25. The standard InChI is InChI=1S/C13H16FNO3S/c1-2-18-13(16)12-8-19(17)7-11(15-12)9-4-3-5-10(14)6-9/h3-6,11-12,15H,2,7-8H2,1H3. The minimum Gasteiger partial charge on any atom is -0.465 e. The number of carbonyl (C=O) groups is 1. The number of ether oxygens (including phenoxy) is 1. The molecule has 0 aliphatic carbocycles. The monoisotopic (exact) mass is 285 g/mol. The van der Waals surface area contributed by atoms with Crippen molar-refractivity contribution in [3.8, 4) is 0 Å². The molecule has 19 heavy (non-hydrogen) atoms. The second-order valence-corrected chi connectivity index (χ2v) is 5.90. The predicted molar refractivity (Wildman–Crippen MR) is 70.6 cm³/mol. The topological polar surface area (TPSA) is 55.4 Å². The Labute approximate surface area is 113 Å². The summed E-state index contributed by atoms with van der Waals surface area (Å²) in [5, 5.41) is 3.08. The third-order valence-electron chi connectivity index (χ3n) is 2.93. The molecule has 1 aliphatic heterocycles. The molecule has 1 aliphatic rings. The Kier molecular flexibility index (Phi) is 4.66. The third kappa shape index (κ3) is 3.61. The first-order valence-corrected chi connectivity index (χ1v) is 7.62. The van der Waals surface area contributed by atoms with Crippen molar-refractivity contribution in [1.29, 1.82) is 0 Å². The van der Waals surface area contributed by atoms with Gasteiger partial charge in [-0.1, -0.05) is 12.1 Å². The molecule has 1 aromatic carbocycles. The highest BCUT2D eigenvalue weighted by atomic mass is 32.2. The lowest BCUT2D eigenvalue weighted by Crippen LogP contribution is -2.50. The van der Waals surface area contributed by atoms with Crippen molar-refractivity contribution < 1.29 is 18.1 Å². The molecule has 3 unspecified atom stereocenters. The minimum absolute atomic E-state index is 0.241. The Morgan fingerprint density at radius 1 is 1.53 bits per heavy atom. The van der Waals surface area contributed by atoms with Crippen LogP contribution in [0.2, 0.25) is 0 Å². The maximum atomic E-state index is 13.2. The number of halogens is 1. The maximum Gasteiger partial charge on any atom is 0.324 e. The van der Waals surface area contributed by atoms with Crippen LogP contribution < -0.4 is 5.32 Å². The van der Waals surface area contributed by atoms with Crippen LogP contribution in [0.1, 0.15) is 18.5 Å². The zero-order valence-electron chi connectivity index (χ0n) is 10.6. The van der Waals surface area contributed by atoms with E-state index in [1.54, 1.807) is 19.1 Å². The molecule has 0 spiro atoms. The van der Waals surface area contributed by atoms with Gasteiger partial charge in [-0.05, 0) is 24.6 Å². The molecule has 0 bridgehead atoms. The number of esters is 1. The maximum absolute atomic E-state index is 13.2. The average molecular weight is 285 g/mol. The lowest BCUT2D eigenvalue weighted by atomic mass is 10.1. The van der Waals surface area contributed by atoms with E-state index < -0.39 is 22.8 Å². The van der Waals surface area contributed by atoms with Crippen LogP contribution in [-0.4, -0.2) is 34.3 Å². The third-order valence-corrected chi connectivity index (χ3v) is 4.34. The molecular formula is C13H16FNO3S. The number of hydrogen-bond acceptors (Lipinski definition) is 4. The molecule has 3 atom stereocenters. The molecule has 0 saturated carbocycles. The van der Waals surface area contributed by atoms with E-state index in [-0.39, 0.29) is 24.2 Å². The summed E-state index contributed by atoms with van der Waals surface area (Å²) >= 11 is 0. The Balaban J connectivity index is 2.14. The SMILES string of the molecule is CCOC(=O)C1CS(=O)CC(c2cccc(F)c2)N1. The summed E-state index contributed by atoms with van der Waals surface area (Å²) in [7, 11) is -1.12. The Hall–Kier alpha value is -1.27. The van der Waals surface area contributed by atoms with Crippen LogP contribution in [-0.2, 0) is 20.3 Å². The molecule has 1 fully saturated rings. The smallest absolute Gasteiger partial charge is 0.324 e. The van der Waals surface area contributed by atoms with E-state index in [0.717, 1.165) is 0 Å². The molecule has 1 N–H and O–H groups in total. The van der Waals surface area contributed by atoms with E-state index in [2.05, 4.69) is 5.32 Å². The molecule has 1 heterocycles. The van der Waals surface area contributed by atoms with Gasteiger partial charge in [-0.25, -0.2) is 4.39 Å². The lowest BCUT2D eigenvalue weighted by molar-refractivity contribution is -0.145. The molecule has 104 valence electrons. The number of rotatable bonds is 3. The Morgan fingerprint density at radius 3 is 3.00 bits per heavy atom. The molecule has 1 saturated heterocycles. The van der Waals surface area contributed by atoms with Crippen molar-refractivity contribution in [2.45, 2.75) is 19.0 Å². The van der Waals surface area contributed by atoms with Gasteiger partial charge in [0.05, 0.1) is 6.61 Å². The van der Waals surface area contributed by atoms with E-state index in [1.165, 1.54) is 12.1 Å². The highest BCUT2D eigenvalue weighted by Crippen LogP contribution is 2.20. The van der Waals surface area contributed by atoms with Gasteiger partial charge in [0.15, 0.2) is 0 Å². The van der Waals surface area contributed by atoms with Crippen LogP contribution >= 0.6 is 0 Å². The van der Waals surface area contributed by atoms with Crippen molar-refractivity contribution in [2.24, 2.45) is 0 Å². The number of benzene rings is 1. The molecule has 0 amide bonds. The van der Waals surface area contributed by atoms with Gasteiger partial charge in [-0.2, -0.15) is 0 Å². The molecule has 6 heteroatoms. The zero-order chi connectivity index (χ0) is 13.8. The van der Waals surface area contributed by atoms with Crippen molar-refractivity contribution in [3.05, 3.63) is 35.6 Å². The summed E-state index contributed by atoms with van der Waals surface area (Å²) in [5.74, 6) is -0.135. The summed E-state index contributed by atoms with van der Waals surface area (Å²) in [6.45, 7) is 2.01. The van der Waals surface area contributed by atoms with Gasteiger partial charge in [0.1, 0.15) is 11.9 Å². The van der Waals surface area contributed by atoms with Crippen LogP contribution in [0, 0.1) is 5.82 Å². The van der Waals surface area contributed by atoms with E-state index >= 15 is 0 Å². The highest BCUT2D eigenvalue weighted by molar-refractivity contribution is 7.85. The van der Waals surface area contributed by atoms with Crippen LogP contribution in [0.3, 0.4) is 0 Å². The van der Waals surface area contributed by atoms with Gasteiger partial charge in [-0.15, -0.1) is 0 Å². The van der Waals surface area contributed by atoms with E-state index in [4.69, 9.17) is 4.74 Å². The fourth-order valence-electron chi connectivity index (χ4n) is 2.07. The van der Waals surface area contributed by atoms with Crippen LogP contribution in [0.4, 0.5) is 4.39 Å². The van der Waals surface area contributed by atoms with Gasteiger partial charge < -0.3 is 4.74 Å². The number of hydrogen-bond donors (Lipinski definition) is 1. The van der Waals surface area contributed by atoms with Crippen LogP contribution in [0.15, 0.2) is 24.3 Å². The van der Waals surface area contributed by atoms with E-state index in [0.29, 0.717) is 11.3 Å². The first-order valence-electron chi connectivity index (χ1n) is 6.13. The molecule has 0 aromatic heterocycles. The molecular weight excluding hydrogens is 269 g/mol. The summed E-state index contributed by atoms with van der Waals surface area (Å²) in [6, 6.07) is 5.21. The summed E-state index contributed by atoms with van der Waals surface area (Å²) in [6.07, 6.45) is 0. The molecule has 1 aromatic rings. The number of carbonyl (C=O) groups excluding carboxylic acids is 1. The number of nitrogens with one attached hydrogen (secondary N) is 1. The summed E-state index contributed by atoms with van der Waals surface area (Å²) < 4.78 is 29.9. The van der Waals surface area contributed by atoms with Crippen molar-refractivity contribution in [1.82, 2.24) is 5.32 Å². The van der Waals surface area contributed by atoms with Crippen molar-refractivity contribution in [3.63, 3.8) is 0 Å². The Morgan fingerprint density at radius 2 is 2.32 bits per heavy atom. The summed E-state index contributed by atoms with van der Waals surface area (Å²) in [5.41, 5.74) is 0.697. The predicted octanol–water partition coefficient (Wildman–Crippen LogP) is 1.15. The van der Waals surface area contributed by atoms with Gasteiger partial charge >= 0.3 is 5.97 Å². The highest BCUT2D eigenvalue weighted by Gasteiger charge is 2.32. The van der Waals surface area contributed by atoms with Crippen molar-refractivity contribution in [2.75, 3.05) is 18.1 Å². The summed E-state index contributed by atoms with van der Waals surface area (Å²) in [4.78, 5) is 11.7. The van der Waals surface area contributed by atoms with Gasteiger partial charge in [0.2, 0.25) is 0 Å². The fraction of sp³-hybridized carbons (Fsp3) is 0.462. The molecule has 4 nitrogen and oxygen atoms in total. The van der Waals surface area contributed by atoms with Gasteiger partial charge in [-0.3, -0.25) is 14.3 Å². The minimum atomic E-state index is -1.12. The first kappa shape index (κ1) is 14.1. The fourth-order valence-corrected chi connectivity index (χ4v) is 3.47. The van der Waals surface area contributed by atoms with E-state index in [9.17, 15) is 13.4 Å². The van der Waals surface area contributed by atoms with Crippen LogP contribution in [0.5, 0.6) is 0 Å². The van der Waals surface area contributed by atoms with Gasteiger partial charge in [0, 0.05) is 28.3 Å². The molecule has 2 rings (SSSR count). The average Bonchev–Trinajstić information content (AvgIpc) is 2.38. The quantitative estimate of drug-likeness (QED) is 0.847. The first-order chi connectivity index (χ1) is 9.10. The largest absolute Gasteiger partial charge is 0.465 e. The van der Waals surface area contributed by atoms with Gasteiger partial charge in [0.25, 0.3) is 0 Å².